The number of rotatable bonds is 7. The summed E-state index contributed by atoms with van der Waals surface area (Å²) in [6, 6.07) is 5.14. The van der Waals surface area contributed by atoms with Gasteiger partial charge in [0.1, 0.15) is 5.82 Å². The molecule has 0 saturated heterocycles. The Morgan fingerprint density at radius 3 is 3.00 bits per heavy atom. The van der Waals surface area contributed by atoms with Gasteiger partial charge in [0.2, 0.25) is 0 Å². The zero-order valence-corrected chi connectivity index (χ0v) is 12.8. The first-order chi connectivity index (χ1) is 10.6. The van der Waals surface area contributed by atoms with Crippen LogP contribution in [0.2, 0.25) is 0 Å². The molecule has 1 aliphatic carbocycles. The molecule has 0 spiro atoms. The van der Waals surface area contributed by atoms with E-state index in [1.807, 2.05) is 6.08 Å². The fraction of sp³-hybridized carbons (Fsp3) is 0.400. The Kier molecular flexibility index (Phi) is 6.09. The molecule has 0 saturated carbocycles. The summed E-state index contributed by atoms with van der Waals surface area (Å²) in [5, 5.41) is 0. The van der Waals surface area contributed by atoms with Crippen molar-refractivity contribution in [3.8, 4) is 0 Å². The lowest BCUT2D eigenvalue weighted by Crippen LogP contribution is -2.39. The molecular weight excluding hydrogens is 309 g/mol. The van der Waals surface area contributed by atoms with E-state index in [1.54, 1.807) is 6.07 Å². The van der Waals surface area contributed by atoms with Gasteiger partial charge in [-0.05, 0) is 43.0 Å². The Bertz CT molecular complexity index is 578. The Balaban J connectivity index is 2.26. The highest BCUT2D eigenvalue weighted by Crippen LogP contribution is 2.31. The number of halogens is 1. The Morgan fingerprint density at radius 2 is 2.32 bits per heavy atom. The van der Waals surface area contributed by atoms with Gasteiger partial charge in [0.15, 0.2) is 0 Å². The Labute approximate surface area is 131 Å². The van der Waals surface area contributed by atoms with Crippen LogP contribution in [0.25, 0.3) is 0 Å². The van der Waals surface area contributed by atoms with E-state index in [0.717, 1.165) is 18.4 Å². The second kappa shape index (κ2) is 8.05. The van der Waals surface area contributed by atoms with Crippen molar-refractivity contribution in [3.63, 3.8) is 0 Å². The van der Waals surface area contributed by atoms with Gasteiger partial charge in [-0.15, -0.1) is 0 Å². The predicted octanol–water partition coefficient (Wildman–Crippen LogP) is 2.47. The molecule has 0 heterocycles. The molecule has 0 bridgehead atoms. The van der Waals surface area contributed by atoms with Crippen LogP contribution in [-0.2, 0) is 20.8 Å². The van der Waals surface area contributed by atoms with E-state index >= 15 is 0 Å². The van der Waals surface area contributed by atoms with E-state index in [4.69, 9.17) is 4.74 Å². The van der Waals surface area contributed by atoms with Crippen LogP contribution in [0.4, 0.5) is 10.1 Å². The third-order valence-electron chi connectivity index (χ3n) is 3.60. The van der Waals surface area contributed by atoms with Gasteiger partial charge in [-0.25, -0.2) is 4.39 Å². The number of carbonyl (C=O) groups is 1. The summed E-state index contributed by atoms with van der Waals surface area (Å²) in [4.78, 5) is 10.2. The van der Waals surface area contributed by atoms with Crippen LogP contribution in [0, 0.1) is 5.82 Å². The Morgan fingerprint density at radius 1 is 1.50 bits per heavy atom. The van der Waals surface area contributed by atoms with Crippen LogP contribution in [0.15, 0.2) is 35.9 Å². The third kappa shape index (κ3) is 4.14. The average molecular weight is 326 g/mol. The molecule has 2 unspecified atom stereocenters. The molecule has 22 heavy (non-hydrogen) atoms. The van der Waals surface area contributed by atoms with Crippen LogP contribution in [0.5, 0.6) is 0 Å². The summed E-state index contributed by atoms with van der Waals surface area (Å²) in [5.41, 5.74) is 1.18. The number of hydrogen-bond donors (Lipinski definition) is 0. The quantitative estimate of drug-likeness (QED) is 0.334. The molecule has 2 atom stereocenters. The zero-order chi connectivity index (χ0) is 15.9. The van der Waals surface area contributed by atoms with E-state index in [0.29, 0.717) is 25.0 Å². The van der Waals surface area contributed by atoms with Crippen molar-refractivity contribution in [3.05, 3.63) is 41.7 Å². The van der Waals surface area contributed by atoms with Crippen LogP contribution in [-0.4, -0.2) is 27.9 Å². The van der Waals surface area contributed by atoms with Crippen LogP contribution in [0.3, 0.4) is 0 Å². The van der Waals surface area contributed by atoms with Crippen molar-refractivity contribution in [1.82, 2.24) is 0 Å². The first-order valence-corrected chi connectivity index (χ1v) is 8.05. The van der Waals surface area contributed by atoms with Gasteiger partial charge in [0.25, 0.3) is 6.47 Å². The van der Waals surface area contributed by atoms with Crippen molar-refractivity contribution >= 4 is 23.4 Å². The SMILES string of the molecule is O=COCCC1=CCCCC1N(c1cccc(F)c1)S(=O)[O-]. The first kappa shape index (κ1) is 16.6. The maximum atomic E-state index is 13.4. The first-order valence-electron chi connectivity index (χ1n) is 7.02. The maximum absolute atomic E-state index is 13.4. The molecule has 0 aromatic heterocycles. The fourth-order valence-corrected chi connectivity index (χ4v) is 3.40. The summed E-state index contributed by atoms with van der Waals surface area (Å²) in [6.45, 7) is 0.572. The highest BCUT2D eigenvalue weighted by molar-refractivity contribution is 7.80. The second-order valence-corrected chi connectivity index (χ2v) is 5.79. The minimum Gasteiger partial charge on any atom is -0.755 e. The molecule has 2 rings (SSSR count). The lowest BCUT2D eigenvalue weighted by atomic mass is 9.92. The number of nitrogens with zero attached hydrogens (tertiary/aromatic N) is 1. The zero-order valence-electron chi connectivity index (χ0n) is 11.9. The van der Waals surface area contributed by atoms with E-state index in [9.17, 15) is 17.9 Å². The number of anilines is 1. The van der Waals surface area contributed by atoms with Gasteiger partial charge < -0.3 is 9.29 Å². The summed E-state index contributed by atoms with van der Waals surface area (Å²) >= 11 is -2.52. The number of hydrogen-bond acceptors (Lipinski definition) is 4. The largest absolute Gasteiger partial charge is 0.755 e. The Hall–Kier alpha value is -1.73. The minimum atomic E-state index is -2.52. The summed E-state index contributed by atoms with van der Waals surface area (Å²) in [7, 11) is 0. The maximum Gasteiger partial charge on any atom is 0.293 e. The van der Waals surface area contributed by atoms with Crippen LogP contribution >= 0.6 is 0 Å². The molecule has 1 aromatic rings. The van der Waals surface area contributed by atoms with E-state index in [2.05, 4.69) is 0 Å². The van der Waals surface area contributed by atoms with Gasteiger partial charge in [-0.3, -0.25) is 13.3 Å². The fourth-order valence-electron chi connectivity index (χ4n) is 2.66. The van der Waals surface area contributed by atoms with Crippen molar-refractivity contribution in [2.45, 2.75) is 31.7 Å². The second-order valence-electron chi connectivity index (χ2n) is 4.97. The number of carbonyl (C=O) groups excluding carboxylic acids is 1. The van der Waals surface area contributed by atoms with Gasteiger partial charge >= 0.3 is 0 Å². The minimum absolute atomic E-state index is 0.203. The van der Waals surface area contributed by atoms with Gasteiger partial charge in [0, 0.05) is 17.7 Å². The van der Waals surface area contributed by atoms with Gasteiger partial charge in [-0.2, -0.15) is 0 Å². The third-order valence-corrected chi connectivity index (χ3v) is 4.39. The van der Waals surface area contributed by atoms with Gasteiger partial charge in [0.05, 0.1) is 18.3 Å². The van der Waals surface area contributed by atoms with E-state index in [-0.39, 0.29) is 12.6 Å². The lowest BCUT2D eigenvalue weighted by Gasteiger charge is -2.38. The topological polar surface area (TPSA) is 69.7 Å². The molecule has 120 valence electrons. The van der Waals surface area contributed by atoms with E-state index in [1.165, 1.54) is 22.5 Å². The molecular formula is C15H17FNO4S-. The number of benzene rings is 1. The molecule has 0 amide bonds. The molecule has 1 aromatic carbocycles. The molecule has 0 aliphatic heterocycles. The molecule has 0 radical (unpaired) electrons. The molecule has 0 N–H and O–H groups in total. The van der Waals surface area contributed by atoms with Crippen molar-refractivity contribution in [2.24, 2.45) is 0 Å². The van der Waals surface area contributed by atoms with Gasteiger partial charge in [-0.1, -0.05) is 12.1 Å². The number of ether oxygens (including phenoxy) is 1. The van der Waals surface area contributed by atoms with Crippen LogP contribution < -0.4 is 4.31 Å². The number of allylic oxidation sites excluding steroid dienone is 1. The van der Waals surface area contributed by atoms with E-state index < -0.39 is 17.1 Å². The van der Waals surface area contributed by atoms with Crippen LogP contribution in [0.1, 0.15) is 25.7 Å². The highest BCUT2D eigenvalue weighted by Gasteiger charge is 2.26. The summed E-state index contributed by atoms with van der Waals surface area (Å²) < 4.78 is 42.6. The molecule has 1 aliphatic rings. The normalized spacial score (nSPS) is 19.2. The summed E-state index contributed by atoms with van der Waals surface area (Å²) in [6.07, 6.45) is 4.80. The standard InChI is InChI=1S/C15H18FNO4S/c16-13-5-3-6-14(10-13)17(22(19)20)15-7-2-1-4-12(15)8-9-21-11-18/h3-6,10-11,15H,1-2,7-9H2,(H,19,20)/p-1. The van der Waals surface area contributed by atoms with Crippen molar-refractivity contribution < 1.29 is 22.7 Å². The summed E-state index contributed by atoms with van der Waals surface area (Å²) in [5.74, 6) is -0.487. The van der Waals surface area contributed by atoms with Crippen molar-refractivity contribution in [2.75, 3.05) is 10.9 Å². The predicted molar refractivity (Wildman–Crippen MR) is 80.2 cm³/mol. The highest BCUT2D eigenvalue weighted by atomic mass is 32.2. The monoisotopic (exact) mass is 326 g/mol. The average Bonchev–Trinajstić information content (AvgIpc) is 2.49. The lowest BCUT2D eigenvalue weighted by molar-refractivity contribution is -0.128. The van der Waals surface area contributed by atoms with Crippen molar-refractivity contribution in [1.29, 1.82) is 0 Å². The molecule has 7 heteroatoms. The smallest absolute Gasteiger partial charge is 0.293 e. The molecule has 0 fully saturated rings. The molecule has 5 nitrogen and oxygen atoms in total.